The second kappa shape index (κ2) is 21.0. The van der Waals surface area contributed by atoms with Gasteiger partial charge in [-0.25, -0.2) is 4.98 Å². The molecule has 1 fully saturated rings. The van der Waals surface area contributed by atoms with E-state index in [1.54, 1.807) is 20.4 Å². The lowest BCUT2D eigenvalue weighted by molar-refractivity contribution is -0.112. The van der Waals surface area contributed by atoms with Gasteiger partial charge < -0.3 is 29.9 Å². The van der Waals surface area contributed by atoms with E-state index in [1.165, 1.54) is 5.52 Å². The Kier molecular flexibility index (Phi) is 17.6. The van der Waals surface area contributed by atoms with Crippen LogP contribution >= 0.6 is 0 Å². The number of β-amino-alcohol motifs (C(OH)–C–C–N with tert-alkyl or cyclic N) is 1. The van der Waals surface area contributed by atoms with Crippen molar-refractivity contribution in [3.8, 4) is 0 Å². The SMILES string of the molecule is C/C=C(\C=C/CN1CC(C)N(CC(C)O)C(C)C1)C(=O)Nc1cc(N(CCOC)c2ccc3c(ccn3C)c2)ccn1.CC.CNC=O. The summed E-state index contributed by atoms with van der Waals surface area (Å²) in [4.78, 5) is 33.6. The number of aryl methyl sites for hydroxylation is 1. The molecule has 1 aliphatic heterocycles. The van der Waals surface area contributed by atoms with Crippen molar-refractivity contribution in [2.45, 2.75) is 59.7 Å². The van der Waals surface area contributed by atoms with Gasteiger partial charge in [0.05, 0.1) is 12.7 Å². The van der Waals surface area contributed by atoms with Crippen molar-refractivity contribution in [2.75, 3.05) is 63.7 Å². The van der Waals surface area contributed by atoms with Gasteiger partial charge in [0.25, 0.3) is 5.91 Å². The highest BCUT2D eigenvalue weighted by Gasteiger charge is 2.29. The molecule has 2 amide bonds. The van der Waals surface area contributed by atoms with Gasteiger partial charge in [0, 0.05) is 112 Å². The number of benzene rings is 1. The number of allylic oxidation sites excluding steroid dienone is 1. The van der Waals surface area contributed by atoms with Gasteiger partial charge in [-0.05, 0) is 58.0 Å². The Labute approximate surface area is 287 Å². The molecule has 264 valence electrons. The number of aromatic nitrogens is 2. The number of nitrogens with zero attached hydrogens (tertiary/aromatic N) is 5. The smallest absolute Gasteiger partial charge is 0.256 e. The maximum atomic E-state index is 13.2. The lowest BCUT2D eigenvalue weighted by Crippen LogP contribution is -2.57. The van der Waals surface area contributed by atoms with E-state index >= 15 is 0 Å². The van der Waals surface area contributed by atoms with Crippen LogP contribution in [0.25, 0.3) is 10.9 Å². The highest BCUT2D eigenvalue weighted by atomic mass is 16.5. The van der Waals surface area contributed by atoms with Crippen molar-refractivity contribution in [3.63, 3.8) is 0 Å². The summed E-state index contributed by atoms with van der Waals surface area (Å²) in [6.07, 6.45) is 9.82. The Morgan fingerprint density at radius 3 is 2.42 bits per heavy atom. The van der Waals surface area contributed by atoms with Crippen molar-refractivity contribution >= 4 is 40.4 Å². The number of piperazine rings is 1. The quantitative estimate of drug-likeness (QED) is 0.134. The monoisotopic (exact) mass is 663 g/mol. The molecule has 48 heavy (non-hydrogen) atoms. The number of amides is 2. The fourth-order valence-corrected chi connectivity index (χ4v) is 5.78. The molecule has 1 aliphatic rings. The molecule has 3 N–H and O–H groups in total. The van der Waals surface area contributed by atoms with Crippen LogP contribution in [0.3, 0.4) is 0 Å². The summed E-state index contributed by atoms with van der Waals surface area (Å²) in [7, 11) is 5.30. The van der Waals surface area contributed by atoms with Crippen LogP contribution in [0.15, 0.2) is 72.6 Å². The molecule has 0 aliphatic carbocycles. The lowest BCUT2D eigenvalue weighted by atomic mass is 10.1. The highest BCUT2D eigenvalue weighted by Crippen LogP contribution is 2.30. The first kappa shape index (κ1) is 40.1. The molecule has 3 atom stereocenters. The van der Waals surface area contributed by atoms with Crippen molar-refractivity contribution in [1.82, 2.24) is 24.7 Å². The van der Waals surface area contributed by atoms with E-state index < -0.39 is 0 Å². The fourth-order valence-electron chi connectivity index (χ4n) is 5.78. The molecule has 0 bridgehead atoms. The lowest BCUT2D eigenvalue weighted by Gasteiger charge is -2.44. The van der Waals surface area contributed by atoms with Crippen LogP contribution in [0.1, 0.15) is 41.5 Å². The van der Waals surface area contributed by atoms with E-state index in [-0.39, 0.29) is 12.0 Å². The summed E-state index contributed by atoms with van der Waals surface area (Å²) in [5, 5.41) is 16.2. The topological polar surface area (TPSA) is 115 Å². The molecule has 11 heteroatoms. The molecule has 11 nitrogen and oxygen atoms in total. The number of rotatable bonds is 13. The van der Waals surface area contributed by atoms with Crippen LogP contribution in [0, 0.1) is 0 Å². The number of hydrogen-bond donors (Lipinski definition) is 3. The van der Waals surface area contributed by atoms with Crippen molar-refractivity contribution in [1.29, 1.82) is 0 Å². The van der Waals surface area contributed by atoms with Gasteiger partial charge in [-0.3, -0.25) is 19.4 Å². The number of hydrogen-bond acceptors (Lipinski definition) is 8. The van der Waals surface area contributed by atoms with Crippen LogP contribution < -0.4 is 15.5 Å². The molecule has 3 aromatic rings. The first-order valence-electron chi connectivity index (χ1n) is 16.8. The molecule has 1 saturated heterocycles. The number of aliphatic hydroxyl groups excluding tert-OH is 1. The van der Waals surface area contributed by atoms with E-state index in [9.17, 15) is 9.90 Å². The molecule has 1 aromatic carbocycles. The number of aliphatic hydroxyl groups is 1. The minimum Gasteiger partial charge on any atom is -0.392 e. The number of carbonyl (C=O) groups excluding carboxylic acids is 2. The van der Waals surface area contributed by atoms with Gasteiger partial charge in [0.15, 0.2) is 0 Å². The van der Waals surface area contributed by atoms with E-state index in [0.717, 1.165) is 36.4 Å². The number of ether oxygens (including phenoxy) is 1. The molecule has 3 heterocycles. The molecule has 3 unspecified atom stereocenters. The summed E-state index contributed by atoms with van der Waals surface area (Å²) in [6.45, 7) is 16.6. The second-order valence-electron chi connectivity index (χ2n) is 11.7. The number of pyridine rings is 1. The zero-order valence-corrected chi connectivity index (χ0v) is 30.3. The number of methoxy groups -OCH3 is 1. The van der Waals surface area contributed by atoms with Crippen LogP contribution in [-0.4, -0.2) is 108 Å². The second-order valence-corrected chi connectivity index (χ2v) is 11.7. The number of fused-ring (bicyclic) bond motifs is 1. The zero-order chi connectivity index (χ0) is 35.6. The first-order chi connectivity index (χ1) is 23.1. The van der Waals surface area contributed by atoms with Gasteiger partial charge in [0.1, 0.15) is 5.82 Å². The minimum absolute atomic E-state index is 0.198. The van der Waals surface area contributed by atoms with Crippen LogP contribution in [0.2, 0.25) is 0 Å². The molecule has 4 rings (SSSR count). The third-order valence-electron chi connectivity index (χ3n) is 8.00. The summed E-state index contributed by atoms with van der Waals surface area (Å²) in [5.74, 6) is 0.293. The highest BCUT2D eigenvalue weighted by molar-refractivity contribution is 6.05. The molecular formula is C37H57N7O4. The van der Waals surface area contributed by atoms with E-state index in [2.05, 4.69) is 85.3 Å². The largest absolute Gasteiger partial charge is 0.392 e. The zero-order valence-electron chi connectivity index (χ0n) is 30.3. The third-order valence-corrected chi connectivity index (χ3v) is 8.00. The first-order valence-corrected chi connectivity index (χ1v) is 16.8. The summed E-state index contributed by atoms with van der Waals surface area (Å²) >= 11 is 0. The number of nitrogens with one attached hydrogen (secondary N) is 2. The standard InChI is InChI=1S/C33H46N6O3.C2H5NO.C2H6/c1-7-27(9-8-15-37-21-24(2)39(23-26(4)40)25(3)22-37)33(41)35-32-20-30(12-14-34-32)38(17-18-42-6)29-10-11-31-28(19-29)13-16-36(31)5;1-3-2-4;1-2/h7-14,16,19-20,24-26,40H,15,17-18,21-23H2,1-6H3,(H,34,35,41);2H,1H3,(H,3,4);1-2H3/b9-8-,27-7+;;. The van der Waals surface area contributed by atoms with Gasteiger partial charge in [-0.15, -0.1) is 0 Å². The Hall–Kier alpha value is -4.03. The van der Waals surface area contributed by atoms with Crippen LogP contribution in [0.4, 0.5) is 17.2 Å². The van der Waals surface area contributed by atoms with E-state index in [1.807, 2.05) is 59.0 Å². The van der Waals surface area contributed by atoms with Crippen molar-refractivity contribution in [3.05, 3.63) is 72.6 Å². The average molecular weight is 664 g/mol. The summed E-state index contributed by atoms with van der Waals surface area (Å²) < 4.78 is 7.50. The van der Waals surface area contributed by atoms with Gasteiger partial charge >= 0.3 is 0 Å². The third kappa shape index (κ3) is 11.9. The van der Waals surface area contributed by atoms with Crippen LogP contribution in [0.5, 0.6) is 0 Å². The van der Waals surface area contributed by atoms with Crippen molar-refractivity contribution < 1.29 is 19.4 Å². The molecular weight excluding hydrogens is 606 g/mol. The maximum absolute atomic E-state index is 13.2. The molecule has 0 radical (unpaired) electrons. The predicted molar refractivity (Wildman–Crippen MR) is 198 cm³/mol. The Morgan fingerprint density at radius 2 is 1.81 bits per heavy atom. The van der Waals surface area contributed by atoms with E-state index in [0.29, 0.717) is 49.6 Å². The number of carbonyl (C=O) groups is 2. The Bertz CT molecular complexity index is 1460. The van der Waals surface area contributed by atoms with Crippen molar-refractivity contribution in [2.24, 2.45) is 7.05 Å². The van der Waals surface area contributed by atoms with Gasteiger partial charge in [-0.2, -0.15) is 0 Å². The normalized spacial score (nSPS) is 17.6. The number of anilines is 3. The molecule has 2 aromatic heterocycles. The predicted octanol–water partition coefficient (Wildman–Crippen LogP) is 4.96. The Balaban J connectivity index is 0.00000124. The average Bonchev–Trinajstić information content (AvgIpc) is 3.45. The maximum Gasteiger partial charge on any atom is 0.256 e. The van der Waals surface area contributed by atoms with Gasteiger partial charge in [0.2, 0.25) is 6.41 Å². The Morgan fingerprint density at radius 1 is 1.15 bits per heavy atom. The molecule has 0 saturated carbocycles. The fraction of sp³-hybridized carbons (Fsp3) is 0.486. The summed E-state index contributed by atoms with van der Waals surface area (Å²) in [6, 6.07) is 13.1. The minimum atomic E-state index is -0.334. The van der Waals surface area contributed by atoms with Gasteiger partial charge in [-0.1, -0.05) is 32.1 Å². The van der Waals surface area contributed by atoms with Crippen LogP contribution in [-0.2, 0) is 21.4 Å². The molecule has 0 spiro atoms. The summed E-state index contributed by atoms with van der Waals surface area (Å²) in [5.41, 5.74) is 3.72. The van der Waals surface area contributed by atoms with E-state index in [4.69, 9.17) is 9.53 Å².